The number of benzene rings is 2. The van der Waals surface area contributed by atoms with E-state index < -0.39 is 0 Å². The van der Waals surface area contributed by atoms with Gasteiger partial charge in [0.2, 0.25) is 5.88 Å². The van der Waals surface area contributed by atoms with E-state index in [2.05, 4.69) is 20.4 Å². The molecule has 3 heterocycles. The van der Waals surface area contributed by atoms with Crippen LogP contribution in [0.15, 0.2) is 65.6 Å². The quantitative estimate of drug-likeness (QED) is 0.400. The van der Waals surface area contributed by atoms with Gasteiger partial charge in [-0.3, -0.25) is 9.59 Å². The Balaban J connectivity index is 1.52. The number of rotatable bonds is 5. The summed E-state index contributed by atoms with van der Waals surface area (Å²) in [6.07, 6.45) is 1.66. The molecule has 1 amide bonds. The second-order valence-corrected chi connectivity index (χ2v) is 8.54. The summed E-state index contributed by atoms with van der Waals surface area (Å²) in [5, 5.41) is 9.68. The number of nitrogens with one attached hydrogen (secondary N) is 2. The number of aromatic amines is 1. The second-order valence-electron chi connectivity index (χ2n) is 8.54. The first-order valence-corrected chi connectivity index (χ1v) is 11.3. The Hall–Kier alpha value is -4.46. The predicted octanol–water partition coefficient (Wildman–Crippen LogP) is 4.35. The van der Waals surface area contributed by atoms with Gasteiger partial charge in [-0.25, -0.2) is 9.50 Å². The van der Waals surface area contributed by atoms with Crippen LogP contribution in [0.25, 0.3) is 27.5 Å². The highest BCUT2D eigenvalue weighted by Crippen LogP contribution is 2.26. The van der Waals surface area contributed by atoms with E-state index in [0.717, 1.165) is 27.6 Å². The zero-order valence-electron chi connectivity index (χ0n) is 19.9. The average molecular weight is 468 g/mol. The Kier molecular flexibility index (Phi) is 5.56. The molecule has 5 rings (SSSR count). The number of H-pyrrole nitrogens is 1. The number of nitrogens with zero attached hydrogens (tertiary/aromatic N) is 3. The van der Waals surface area contributed by atoms with Crippen LogP contribution < -0.4 is 15.6 Å². The van der Waals surface area contributed by atoms with E-state index in [0.29, 0.717) is 22.7 Å². The molecule has 2 aromatic carbocycles. The van der Waals surface area contributed by atoms with Crippen LogP contribution in [0.3, 0.4) is 0 Å². The summed E-state index contributed by atoms with van der Waals surface area (Å²) in [4.78, 5) is 33.4. The first-order chi connectivity index (χ1) is 16.9. The Morgan fingerprint density at radius 1 is 1.09 bits per heavy atom. The van der Waals surface area contributed by atoms with Gasteiger partial charge in [-0.15, -0.1) is 0 Å². The molecule has 1 unspecified atom stereocenters. The summed E-state index contributed by atoms with van der Waals surface area (Å²) in [6.45, 7) is 5.48. The molecular formula is C27H25N5O3. The van der Waals surface area contributed by atoms with E-state index in [1.807, 2.05) is 62.4 Å². The molecule has 0 radical (unpaired) electrons. The van der Waals surface area contributed by atoms with E-state index in [1.54, 1.807) is 30.8 Å². The maximum Gasteiger partial charge on any atom is 0.274 e. The third-order valence-corrected chi connectivity index (χ3v) is 6.32. The fraction of sp³-hybridized carbons (Fsp3) is 0.185. The summed E-state index contributed by atoms with van der Waals surface area (Å²) in [5.41, 5.74) is 3.91. The molecule has 5 aromatic rings. The van der Waals surface area contributed by atoms with Gasteiger partial charge in [0.1, 0.15) is 5.52 Å². The molecule has 0 spiro atoms. The standard InChI is InChI=1S/C27H25N5O3/c1-15-23(26(33)29-16(2)21-11-12-22(35-4)28-14-21)31-32-17(3)24(30-27(34)25(15)32)20-10-9-18-7-5-6-8-19(18)13-20/h5-14,16H,1-4H3,(H,29,33)(H,30,34). The van der Waals surface area contributed by atoms with Crippen molar-refractivity contribution >= 4 is 22.2 Å². The molecule has 1 atom stereocenters. The summed E-state index contributed by atoms with van der Waals surface area (Å²) >= 11 is 0. The maximum absolute atomic E-state index is 13.1. The lowest BCUT2D eigenvalue weighted by Crippen LogP contribution is -2.27. The lowest BCUT2D eigenvalue weighted by molar-refractivity contribution is 0.0934. The minimum absolute atomic E-state index is 0.211. The number of hydrogen-bond acceptors (Lipinski definition) is 5. The number of carbonyl (C=O) groups excluding carboxylic acids is 1. The van der Waals surface area contributed by atoms with Crippen molar-refractivity contribution in [2.24, 2.45) is 0 Å². The minimum Gasteiger partial charge on any atom is -0.481 e. The topological polar surface area (TPSA) is 101 Å². The average Bonchev–Trinajstić information content (AvgIpc) is 3.24. The van der Waals surface area contributed by atoms with Gasteiger partial charge in [-0.05, 0) is 43.2 Å². The number of ether oxygens (including phenoxy) is 1. The zero-order chi connectivity index (χ0) is 24.7. The third kappa shape index (κ3) is 3.93. The lowest BCUT2D eigenvalue weighted by atomic mass is 10.0. The van der Waals surface area contributed by atoms with Crippen LogP contribution in [-0.2, 0) is 0 Å². The van der Waals surface area contributed by atoms with Crippen LogP contribution >= 0.6 is 0 Å². The van der Waals surface area contributed by atoms with Crippen LogP contribution in [0.2, 0.25) is 0 Å². The summed E-state index contributed by atoms with van der Waals surface area (Å²) in [5.74, 6) is 0.140. The van der Waals surface area contributed by atoms with E-state index in [-0.39, 0.29) is 23.2 Å². The maximum atomic E-state index is 13.1. The normalized spacial score (nSPS) is 12.1. The second kappa shape index (κ2) is 8.72. The van der Waals surface area contributed by atoms with Gasteiger partial charge in [0.05, 0.1) is 24.5 Å². The molecule has 0 saturated heterocycles. The summed E-state index contributed by atoms with van der Waals surface area (Å²) in [6, 6.07) is 17.4. The third-order valence-electron chi connectivity index (χ3n) is 6.32. The fourth-order valence-corrected chi connectivity index (χ4v) is 4.33. The number of carbonyl (C=O) groups is 1. The number of aryl methyl sites for hydroxylation is 2. The smallest absolute Gasteiger partial charge is 0.274 e. The van der Waals surface area contributed by atoms with Crippen molar-refractivity contribution in [3.05, 3.63) is 93.7 Å². The molecular weight excluding hydrogens is 442 g/mol. The minimum atomic E-state index is -0.361. The van der Waals surface area contributed by atoms with Gasteiger partial charge in [0.15, 0.2) is 5.69 Å². The largest absolute Gasteiger partial charge is 0.481 e. The number of fused-ring (bicyclic) bond motifs is 2. The first-order valence-electron chi connectivity index (χ1n) is 11.3. The van der Waals surface area contributed by atoms with Crippen molar-refractivity contribution in [3.63, 3.8) is 0 Å². The summed E-state index contributed by atoms with van der Waals surface area (Å²) in [7, 11) is 1.55. The van der Waals surface area contributed by atoms with Gasteiger partial charge in [-0.1, -0.05) is 42.5 Å². The van der Waals surface area contributed by atoms with E-state index in [1.165, 1.54) is 0 Å². The highest BCUT2D eigenvalue weighted by molar-refractivity contribution is 5.96. The Morgan fingerprint density at radius 2 is 1.86 bits per heavy atom. The SMILES string of the molecule is COc1ccc(C(C)NC(=O)c2nn3c(C)c(-c4ccc5ccccc5c4)[nH]c(=O)c3c2C)cn1. The molecule has 8 nitrogen and oxygen atoms in total. The molecule has 8 heteroatoms. The molecule has 0 aliphatic heterocycles. The van der Waals surface area contributed by atoms with Gasteiger partial charge in [0, 0.05) is 23.4 Å². The van der Waals surface area contributed by atoms with E-state index in [9.17, 15) is 9.59 Å². The van der Waals surface area contributed by atoms with Crippen molar-refractivity contribution in [3.8, 4) is 17.1 Å². The van der Waals surface area contributed by atoms with Gasteiger partial charge in [-0.2, -0.15) is 5.10 Å². The summed E-state index contributed by atoms with van der Waals surface area (Å²) < 4.78 is 6.65. The van der Waals surface area contributed by atoms with Crippen LogP contribution in [-0.4, -0.2) is 32.6 Å². The van der Waals surface area contributed by atoms with Crippen molar-refractivity contribution in [1.29, 1.82) is 0 Å². The van der Waals surface area contributed by atoms with Gasteiger partial charge < -0.3 is 15.0 Å². The number of aromatic nitrogens is 4. The van der Waals surface area contributed by atoms with Crippen molar-refractivity contribution < 1.29 is 9.53 Å². The molecule has 0 aliphatic rings. The first kappa shape index (κ1) is 22.3. The molecule has 35 heavy (non-hydrogen) atoms. The predicted molar refractivity (Wildman–Crippen MR) is 135 cm³/mol. The van der Waals surface area contributed by atoms with Crippen LogP contribution in [0.4, 0.5) is 0 Å². The number of hydrogen-bond donors (Lipinski definition) is 2. The monoisotopic (exact) mass is 467 g/mol. The highest BCUT2D eigenvalue weighted by Gasteiger charge is 2.22. The molecule has 0 saturated carbocycles. The van der Waals surface area contributed by atoms with Crippen LogP contribution in [0.1, 0.15) is 40.3 Å². The fourth-order valence-electron chi connectivity index (χ4n) is 4.33. The highest BCUT2D eigenvalue weighted by atomic mass is 16.5. The molecule has 0 bridgehead atoms. The Bertz CT molecular complexity index is 1630. The Morgan fingerprint density at radius 3 is 2.57 bits per heavy atom. The molecule has 2 N–H and O–H groups in total. The lowest BCUT2D eigenvalue weighted by Gasteiger charge is -2.13. The Labute approximate surface area is 201 Å². The van der Waals surface area contributed by atoms with E-state index >= 15 is 0 Å². The number of pyridine rings is 1. The molecule has 0 fully saturated rings. The van der Waals surface area contributed by atoms with Crippen molar-refractivity contribution in [2.45, 2.75) is 26.8 Å². The van der Waals surface area contributed by atoms with E-state index in [4.69, 9.17) is 4.74 Å². The van der Waals surface area contributed by atoms with Gasteiger partial charge >= 0.3 is 0 Å². The zero-order valence-corrected chi connectivity index (χ0v) is 19.9. The van der Waals surface area contributed by atoms with Crippen LogP contribution in [0.5, 0.6) is 5.88 Å². The molecule has 176 valence electrons. The van der Waals surface area contributed by atoms with Crippen molar-refractivity contribution in [1.82, 2.24) is 24.9 Å². The molecule has 0 aliphatic carbocycles. The van der Waals surface area contributed by atoms with Crippen molar-refractivity contribution in [2.75, 3.05) is 7.11 Å². The van der Waals surface area contributed by atoms with Gasteiger partial charge in [0.25, 0.3) is 11.5 Å². The number of methoxy groups -OCH3 is 1. The number of amides is 1. The van der Waals surface area contributed by atoms with Crippen LogP contribution in [0, 0.1) is 13.8 Å². The molecule has 3 aromatic heterocycles.